The Morgan fingerprint density at radius 3 is 1.92 bits per heavy atom. The summed E-state index contributed by atoms with van der Waals surface area (Å²) in [5.41, 5.74) is 4.74. The first-order valence-electron chi connectivity index (χ1n) is 9.72. The molecule has 0 aromatic heterocycles. The molecule has 0 bridgehead atoms. The number of piperidine rings is 1. The van der Waals surface area contributed by atoms with Gasteiger partial charge in [-0.2, -0.15) is 0 Å². The van der Waals surface area contributed by atoms with Crippen molar-refractivity contribution in [2.75, 3.05) is 19.6 Å². The van der Waals surface area contributed by atoms with Crippen molar-refractivity contribution in [3.05, 3.63) is 71.3 Å². The monoisotopic (exact) mass is 319 g/mol. The Kier molecular flexibility index (Phi) is 4.99. The number of nitrogens with zero attached hydrogens (tertiary/aromatic N) is 1. The van der Waals surface area contributed by atoms with Crippen LogP contribution in [0.25, 0.3) is 0 Å². The first-order chi connectivity index (χ1) is 11.9. The Balaban J connectivity index is 1.29. The van der Waals surface area contributed by atoms with Crippen LogP contribution in [0.5, 0.6) is 0 Å². The van der Waals surface area contributed by atoms with Crippen LogP contribution in [0.15, 0.2) is 54.6 Å². The number of aryl methyl sites for hydroxylation is 2. The van der Waals surface area contributed by atoms with E-state index in [0.717, 1.165) is 11.8 Å². The number of hydrogen-bond donors (Lipinski definition) is 0. The zero-order chi connectivity index (χ0) is 16.2. The molecule has 2 aromatic carbocycles. The van der Waals surface area contributed by atoms with Gasteiger partial charge in [-0.3, -0.25) is 0 Å². The van der Waals surface area contributed by atoms with E-state index in [9.17, 15) is 0 Å². The molecule has 1 heteroatoms. The largest absolute Gasteiger partial charge is 0.303 e. The maximum atomic E-state index is 2.74. The zero-order valence-corrected chi connectivity index (χ0v) is 14.7. The molecule has 0 radical (unpaired) electrons. The van der Waals surface area contributed by atoms with Crippen molar-refractivity contribution in [2.45, 2.75) is 44.4 Å². The molecule has 0 amide bonds. The summed E-state index contributed by atoms with van der Waals surface area (Å²) in [5.74, 6) is 1.66. The number of rotatable bonds is 3. The first-order valence-corrected chi connectivity index (χ1v) is 9.72. The molecule has 2 aliphatic rings. The van der Waals surface area contributed by atoms with Gasteiger partial charge in [0, 0.05) is 6.54 Å². The van der Waals surface area contributed by atoms with Gasteiger partial charge in [0.1, 0.15) is 0 Å². The van der Waals surface area contributed by atoms with Crippen molar-refractivity contribution >= 4 is 0 Å². The molecular formula is C23H29N. The highest BCUT2D eigenvalue weighted by atomic mass is 15.1. The van der Waals surface area contributed by atoms with Crippen molar-refractivity contribution < 1.29 is 0 Å². The van der Waals surface area contributed by atoms with Crippen LogP contribution in [-0.2, 0) is 12.8 Å². The van der Waals surface area contributed by atoms with Gasteiger partial charge >= 0.3 is 0 Å². The molecule has 0 saturated carbocycles. The molecule has 1 fully saturated rings. The molecule has 126 valence electrons. The minimum absolute atomic E-state index is 0.779. The third kappa shape index (κ3) is 3.72. The van der Waals surface area contributed by atoms with Crippen LogP contribution in [0.1, 0.15) is 48.3 Å². The van der Waals surface area contributed by atoms with Crippen LogP contribution in [0.3, 0.4) is 0 Å². The van der Waals surface area contributed by atoms with Crippen molar-refractivity contribution in [1.29, 1.82) is 0 Å². The minimum atomic E-state index is 0.779. The van der Waals surface area contributed by atoms with Crippen molar-refractivity contribution in [3.63, 3.8) is 0 Å². The van der Waals surface area contributed by atoms with Gasteiger partial charge in [-0.15, -0.1) is 0 Å². The SMILES string of the molecule is c1ccc(C2CCN(CC3CCc4ccccc4CC3)CC2)cc1. The topological polar surface area (TPSA) is 3.24 Å². The summed E-state index contributed by atoms with van der Waals surface area (Å²) in [4.78, 5) is 2.74. The maximum absolute atomic E-state index is 2.74. The van der Waals surface area contributed by atoms with Crippen LogP contribution < -0.4 is 0 Å². The van der Waals surface area contributed by atoms with Crippen molar-refractivity contribution in [2.24, 2.45) is 5.92 Å². The number of likely N-dealkylation sites (tertiary alicyclic amines) is 1. The van der Waals surface area contributed by atoms with Gasteiger partial charge in [0.05, 0.1) is 0 Å². The Labute approximate surface area is 146 Å². The van der Waals surface area contributed by atoms with E-state index in [2.05, 4.69) is 59.5 Å². The fraction of sp³-hybridized carbons (Fsp3) is 0.478. The zero-order valence-electron chi connectivity index (χ0n) is 14.7. The average molecular weight is 319 g/mol. The molecule has 1 aliphatic carbocycles. The van der Waals surface area contributed by atoms with Gasteiger partial charge in [0.25, 0.3) is 0 Å². The highest BCUT2D eigenvalue weighted by molar-refractivity contribution is 5.28. The van der Waals surface area contributed by atoms with E-state index in [-0.39, 0.29) is 0 Å². The van der Waals surface area contributed by atoms with Gasteiger partial charge < -0.3 is 4.90 Å². The molecule has 2 aromatic rings. The Morgan fingerprint density at radius 1 is 0.708 bits per heavy atom. The van der Waals surface area contributed by atoms with Crippen molar-refractivity contribution in [1.82, 2.24) is 4.90 Å². The molecule has 4 rings (SSSR count). The summed E-state index contributed by atoms with van der Waals surface area (Å²) < 4.78 is 0. The van der Waals surface area contributed by atoms with Crippen LogP contribution in [0, 0.1) is 5.92 Å². The summed E-state index contributed by atoms with van der Waals surface area (Å²) >= 11 is 0. The first kappa shape index (κ1) is 15.9. The van der Waals surface area contributed by atoms with Gasteiger partial charge in [-0.25, -0.2) is 0 Å². The second kappa shape index (κ2) is 7.53. The lowest BCUT2D eigenvalue weighted by atomic mass is 9.88. The van der Waals surface area contributed by atoms with E-state index in [1.165, 1.54) is 58.2 Å². The van der Waals surface area contributed by atoms with E-state index >= 15 is 0 Å². The molecule has 24 heavy (non-hydrogen) atoms. The van der Waals surface area contributed by atoms with Crippen LogP contribution in [0.4, 0.5) is 0 Å². The summed E-state index contributed by atoms with van der Waals surface area (Å²) in [5, 5.41) is 0. The number of benzene rings is 2. The van der Waals surface area contributed by atoms with E-state index in [4.69, 9.17) is 0 Å². The second-order valence-corrected chi connectivity index (χ2v) is 7.70. The van der Waals surface area contributed by atoms with Gasteiger partial charge in [-0.1, -0.05) is 54.6 Å². The summed E-state index contributed by atoms with van der Waals surface area (Å²) in [6.07, 6.45) is 7.96. The standard InChI is InChI=1S/C23H29N/c1-2-6-20(7-3-1)23-14-16-24(17-15-23)18-19-10-12-21-8-4-5-9-22(21)13-11-19/h1-9,19,23H,10-18H2. The Hall–Kier alpha value is -1.60. The molecule has 1 heterocycles. The smallest absolute Gasteiger partial charge is 0.000989 e. The predicted octanol–water partition coefficient (Wildman–Crippen LogP) is 5.06. The van der Waals surface area contributed by atoms with Crippen LogP contribution in [-0.4, -0.2) is 24.5 Å². The van der Waals surface area contributed by atoms with Crippen LogP contribution >= 0.6 is 0 Å². The third-order valence-electron chi connectivity index (χ3n) is 6.14. The number of hydrogen-bond acceptors (Lipinski definition) is 1. The van der Waals surface area contributed by atoms with Crippen LogP contribution in [0.2, 0.25) is 0 Å². The molecule has 0 N–H and O–H groups in total. The quantitative estimate of drug-likeness (QED) is 0.715. The highest BCUT2D eigenvalue weighted by Crippen LogP contribution is 2.30. The molecule has 1 aliphatic heterocycles. The molecule has 1 saturated heterocycles. The van der Waals surface area contributed by atoms with E-state index in [0.29, 0.717) is 0 Å². The van der Waals surface area contributed by atoms with Gasteiger partial charge in [-0.05, 0) is 80.1 Å². The lowest BCUT2D eigenvalue weighted by Gasteiger charge is -2.34. The Morgan fingerprint density at radius 2 is 1.29 bits per heavy atom. The molecule has 1 nitrogen and oxygen atoms in total. The third-order valence-corrected chi connectivity index (χ3v) is 6.14. The lowest BCUT2D eigenvalue weighted by Crippen LogP contribution is -2.36. The normalized spacial score (nSPS) is 20.5. The summed E-state index contributed by atoms with van der Waals surface area (Å²) in [6, 6.07) is 20.2. The lowest BCUT2D eigenvalue weighted by molar-refractivity contribution is 0.175. The van der Waals surface area contributed by atoms with Gasteiger partial charge in [0.2, 0.25) is 0 Å². The molecule has 0 unspecified atom stereocenters. The average Bonchev–Trinajstić information content (AvgIpc) is 2.86. The highest BCUT2D eigenvalue weighted by Gasteiger charge is 2.23. The van der Waals surface area contributed by atoms with Gasteiger partial charge in [0.15, 0.2) is 0 Å². The molecule has 0 spiro atoms. The fourth-order valence-electron chi connectivity index (χ4n) is 4.63. The number of fused-ring (bicyclic) bond motifs is 1. The van der Waals surface area contributed by atoms with E-state index in [1.807, 2.05) is 0 Å². The van der Waals surface area contributed by atoms with E-state index in [1.54, 1.807) is 16.7 Å². The second-order valence-electron chi connectivity index (χ2n) is 7.70. The molecule has 0 atom stereocenters. The summed E-state index contributed by atoms with van der Waals surface area (Å²) in [6.45, 7) is 3.88. The summed E-state index contributed by atoms with van der Waals surface area (Å²) in [7, 11) is 0. The van der Waals surface area contributed by atoms with E-state index < -0.39 is 0 Å². The van der Waals surface area contributed by atoms with Crippen molar-refractivity contribution in [3.8, 4) is 0 Å². The maximum Gasteiger partial charge on any atom is 0.000989 e. The Bertz CT molecular complexity index is 613. The molecular weight excluding hydrogens is 290 g/mol. The minimum Gasteiger partial charge on any atom is -0.303 e. The predicted molar refractivity (Wildman–Crippen MR) is 101 cm³/mol. The fourth-order valence-corrected chi connectivity index (χ4v) is 4.63.